The zero-order valence-corrected chi connectivity index (χ0v) is 21.1. The zero-order valence-electron chi connectivity index (χ0n) is 18.1. The molecule has 1 aromatic heterocycles. The van der Waals surface area contributed by atoms with Crippen LogP contribution in [0.1, 0.15) is 17.2 Å². The van der Waals surface area contributed by atoms with Crippen LogP contribution in [0.4, 0.5) is 0 Å². The topological polar surface area (TPSA) is 55.2 Å². The van der Waals surface area contributed by atoms with Gasteiger partial charge < -0.3 is 9.84 Å². The van der Waals surface area contributed by atoms with E-state index in [-0.39, 0.29) is 0 Å². The lowest BCUT2D eigenvalue weighted by Crippen LogP contribution is -2.01. The molecule has 0 saturated heterocycles. The van der Waals surface area contributed by atoms with Crippen LogP contribution in [0, 0.1) is 0 Å². The lowest BCUT2D eigenvalue weighted by molar-refractivity contribution is 0.221. The second-order valence-electron chi connectivity index (χ2n) is 7.39. The molecular weight excluding hydrogens is 526 g/mol. The minimum Gasteiger partial charge on any atom is -0.454 e. The Morgan fingerprint density at radius 1 is 0.686 bits per heavy atom. The highest BCUT2D eigenvalue weighted by Crippen LogP contribution is 2.36. The van der Waals surface area contributed by atoms with Gasteiger partial charge in [-0.25, -0.2) is 9.97 Å². The summed E-state index contributed by atoms with van der Waals surface area (Å²) in [4.78, 5) is 7.88. The summed E-state index contributed by atoms with van der Waals surface area (Å²) in [5.41, 5.74) is 1.58. The van der Waals surface area contributed by atoms with Crippen LogP contribution in [-0.2, 0) is 0 Å². The SMILES string of the molecule is Clc1ccc(Oc2ccc(Cl)cc2Cl)c(Cl)c1.OC(c1cncnc1)c1cccc2ccccc12. The highest BCUT2D eigenvalue weighted by atomic mass is 35.5. The molecule has 1 atom stereocenters. The van der Waals surface area contributed by atoms with E-state index in [4.69, 9.17) is 51.1 Å². The number of fused-ring (bicyclic) bond motifs is 1. The van der Waals surface area contributed by atoms with Crippen molar-refractivity contribution in [3.05, 3.63) is 129 Å². The van der Waals surface area contributed by atoms with Gasteiger partial charge in [0.2, 0.25) is 0 Å². The summed E-state index contributed by atoms with van der Waals surface area (Å²) in [5, 5.41) is 14.5. The molecule has 5 rings (SSSR count). The summed E-state index contributed by atoms with van der Waals surface area (Å²) in [6.07, 6.45) is 4.04. The number of aliphatic hydroxyl groups is 1. The van der Waals surface area contributed by atoms with Crippen molar-refractivity contribution in [2.75, 3.05) is 0 Å². The van der Waals surface area contributed by atoms with Crippen molar-refractivity contribution in [1.29, 1.82) is 0 Å². The molecule has 1 N–H and O–H groups in total. The molecule has 8 heteroatoms. The van der Waals surface area contributed by atoms with Gasteiger partial charge in [-0.1, -0.05) is 88.9 Å². The Balaban J connectivity index is 0.000000165. The molecule has 0 aliphatic heterocycles. The Kier molecular flexibility index (Phi) is 8.45. The summed E-state index contributed by atoms with van der Waals surface area (Å²) in [6.45, 7) is 0. The summed E-state index contributed by atoms with van der Waals surface area (Å²) in [7, 11) is 0. The molecule has 0 saturated carbocycles. The van der Waals surface area contributed by atoms with Crippen LogP contribution in [-0.4, -0.2) is 15.1 Å². The number of rotatable bonds is 4. The molecule has 4 aromatic carbocycles. The first kappa shape index (κ1) is 25.2. The first-order valence-electron chi connectivity index (χ1n) is 10.4. The molecule has 0 amide bonds. The van der Waals surface area contributed by atoms with Crippen molar-refractivity contribution in [1.82, 2.24) is 9.97 Å². The van der Waals surface area contributed by atoms with Gasteiger partial charge >= 0.3 is 0 Å². The first-order chi connectivity index (χ1) is 16.9. The number of ether oxygens (including phenoxy) is 1. The Morgan fingerprint density at radius 3 is 1.86 bits per heavy atom. The molecule has 0 bridgehead atoms. The van der Waals surface area contributed by atoms with Crippen molar-refractivity contribution in [3.8, 4) is 11.5 Å². The monoisotopic (exact) mass is 542 g/mol. The fourth-order valence-corrected chi connectivity index (χ4v) is 4.25. The number of hydrogen-bond donors (Lipinski definition) is 1. The Labute approximate surface area is 222 Å². The van der Waals surface area contributed by atoms with Gasteiger partial charge in [-0.3, -0.25) is 0 Å². The molecular formula is C27H18Cl4N2O2. The number of hydrogen-bond acceptors (Lipinski definition) is 4. The lowest BCUT2D eigenvalue weighted by Gasteiger charge is -2.13. The van der Waals surface area contributed by atoms with Gasteiger partial charge in [0.05, 0.1) is 10.0 Å². The van der Waals surface area contributed by atoms with Crippen molar-refractivity contribution >= 4 is 57.2 Å². The van der Waals surface area contributed by atoms with Gasteiger partial charge in [0.25, 0.3) is 0 Å². The molecule has 0 aliphatic carbocycles. The van der Waals surface area contributed by atoms with Gasteiger partial charge in [0, 0.05) is 28.0 Å². The van der Waals surface area contributed by atoms with Gasteiger partial charge in [-0.2, -0.15) is 0 Å². The van der Waals surface area contributed by atoms with E-state index in [1.54, 1.807) is 48.8 Å². The molecule has 0 radical (unpaired) electrons. The number of nitrogens with zero attached hydrogens (tertiary/aromatic N) is 2. The summed E-state index contributed by atoms with van der Waals surface area (Å²) < 4.78 is 5.57. The molecule has 0 spiro atoms. The van der Waals surface area contributed by atoms with E-state index in [9.17, 15) is 5.11 Å². The fourth-order valence-electron chi connectivity index (χ4n) is 3.35. The number of halogens is 4. The molecule has 4 nitrogen and oxygen atoms in total. The van der Waals surface area contributed by atoms with Gasteiger partial charge in [-0.15, -0.1) is 0 Å². The van der Waals surface area contributed by atoms with E-state index in [1.165, 1.54) is 6.33 Å². The average molecular weight is 544 g/mol. The number of aliphatic hydroxyl groups excluding tert-OH is 1. The molecule has 5 aromatic rings. The maximum absolute atomic E-state index is 10.4. The minimum atomic E-state index is -0.697. The average Bonchev–Trinajstić information content (AvgIpc) is 2.87. The first-order valence-corrected chi connectivity index (χ1v) is 11.9. The normalized spacial score (nSPS) is 11.5. The van der Waals surface area contributed by atoms with E-state index >= 15 is 0 Å². The van der Waals surface area contributed by atoms with Crippen LogP contribution < -0.4 is 4.74 Å². The zero-order chi connectivity index (χ0) is 24.8. The fraction of sp³-hybridized carbons (Fsp3) is 0.0370. The number of benzene rings is 4. The minimum absolute atomic E-state index is 0.420. The Morgan fingerprint density at radius 2 is 1.26 bits per heavy atom. The Bertz CT molecular complexity index is 1390. The van der Waals surface area contributed by atoms with Crippen molar-refractivity contribution in [2.45, 2.75) is 6.10 Å². The van der Waals surface area contributed by atoms with Gasteiger partial charge in [0.15, 0.2) is 0 Å². The van der Waals surface area contributed by atoms with E-state index in [0.29, 0.717) is 37.2 Å². The van der Waals surface area contributed by atoms with Crippen molar-refractivity contribution < 1.29 is 9.84 Å². The summed E-state index contributed by atoms with van der Waals surface area (Å²) in [5.74, 6) is 0.973. The van der Waals surface area contributed by atoms with Crippen LogP contribution >= 0.6 is 46.4 Å². The molecule has 1 unspecified atom stereocenters. The van der Waals surface area contributed by atoms with Crippen LogP contribution in [0.3, 0.4) is 0 Å². The molecule has 0 aliphatic rings. The van der Waals surface area contributed by atoms with Gasteiger partial charge in [0.1, 0.15) is 23.9 Å². The molecule has 0 fully saturated rings. The largest absolute Gasteiger partial charge is 0.454 e. The second-order valence-corrected chi connectivity index (χ2v) is 9.08. The maximum Gasteiger partial charge on any atom is 0.146 e. The summed E-state index contributed by atoms with van der Waals surface area (Å²) >= 11 is 23.5. The predicted octanol–water partition coefficient (Wildman–Crippen LogP) is 8.80. The highest BCUT2D eigenvalue weighted by Gasteiger charge is 2.13. The number of aromatic nitrogens is 2. The molecule has 1 heterocycles. The van der Waals surface area contributed by atoms with Gasteiger partial charge in [-0.05, 0) is 52.7 Å². The van der Waals surface area contributed by atoms with E-state index in [1.807, 2.05) is 42.5 Å². The third-order valence-electron chi connectivity index (χ3n) is 5.02. The highest BCUT2D eigenvalue weighted by molar-refractivity contribution is 6.36. The van der Waals surface area contributed by atoms with Crippen molar-refractivity contribution in [3.63, 3.8) is 0 Å². The maximum atomic E-state index is 10.4. The molecule has 176 valence electrons. The van der Waals surface area contributed by atoms with Crippen molar-refractivity contribution in [2.24, 2.45) is 0 Å². The van der Waals surface area contributed by atoms with Crippen LogP contribution in [0.2, 0.25) is 20.1 Å². The third-order valence-corrected chi connectivity index (χ3v) is 6.08. The second kappa shape index (κ2) is 11.7. The predicted molar refractivity (Wildman–Crippen MR) is 143 cm³/mol. The molecule has 35 heavy (non-hydrogen) atoms. The van der Waals surface area contributed by atoms with Crippen LogP contribution in [0.25, 0.3) is 10.8 Å². The van der Waals surface area contributed by atoms with Crippen LogP contribution in [0.5, 0.6) is 11.5 Å². The standard InChI is InChI=1S/C15H12N2O.C12H6Cl4O/c18-15(12-8-16-10-17-9-12)14-7-3-5-11-4-1-2-6-13(11)14;13-7-1-3-11(9(15)5-7)17-12-4-2-8(14)6-10(12)16/h1-10,15,18H;1-6H. The van der Waals surface area contributed by atoms with E-state index in [2.05, 4.69) is 9.97 Å². The lowest BCUT2D eigenvalue weighted by atomic mass is 9.97. The van der Waals surface area contributed by atoms with Crippen LogP contribution in [0.15, 0.2) is 97.6 Å². The quantitative estimate of drug-likeness (QED) is 0.246. The third kappa shape index (κ3) is 6.43. The Hall–Kier alpha value is -2.86. The van der Waals surface area contributed by atoms with E-state index in [0.717, 1.165) is 16.3 Å². The smallest absolute Gasteiger partial charge is 0.146 e. The summed E-state index contributed by atoms with van der Waals surface area (Å²) in [6, 6.07) is 23.8. The van der Waals surface area contributed by atoms with E-state index < -0.39 is 6.10 Å².